The van der Waals surface area contributed by atoms with Gasteiger partial charge in [0.2, 0.25) is 0 Å². The molecule has 3 aromatic rings. The minimum absolute atomic E-state index is 0.192. The number of likely N-dealkylation sites (N-methyl/N-ethyl adjacent to an activating group) is 1. The number of thiazole rings is 1. The molecule has 3 rings (SSSR count). The lowest BCUT2D eigenvalue weighted by Gasteiger charge is -2.15. The number of amides is 1. The monoisotopic (exact) mass is 376 g/mol. The second-order valence-electron chi connectivity index (χ2n) is 5.35. The number of hydrogen-bond donors (Lipinski definition) is 0. The standard InChI is InChI=1S/C16H16N4O3S2/c1-19(8-12-4-3-5-24-12)14(21)9-23-16(22)13-10-25-15(18-13)11-6-17-20(2)7-11/h3-7,10H,8-9H2,1-2H3. The summed E-state index contributed by atoms with van der Waals surface area (Å²) in [5, 5.41) is 8.33. The number of esters is 1. The fraction of sp³-hybridized carbons (Fsp3) is 0.250. The van der Waals surface area contributed by atoms with Crippen LogP contribution in [0.15, 0.2) is 35.3 Å². The van der Waals surface area contributed by atoms with Gasteiger partial charge < -0.3 is 9.64 Å². The number of aryl methyl sites for hydroxylation is 1. The molecule has 0 aliphatic heterocycles. The minimum Gasteiger partial charge on any atom is -0.451 e. The molecule has 0 N–H and O–H groups in total. The molecule has 0 atom stereocenters. The van der Waals surface area contributed by atoms with Crippen LogP contribution in [0, 0.1) is 0 Å². The molecule has 3 aromatic heterocycles. The predicted octanol–water partition coefficient (Wildman–Crippen LogP) is 2.42. The third kappa shape index (κ3) is 4.31. The van der Waals surface area contributed by atoms with E-state index in [2.05, 4.69) is 10.1 Å². The average molecular weight is 376 g/mol. The molecule has 0 radical (unpaired) electrons. The van der Waals surface area contributed by atoms with Crippen LogP contribution in [-0.4, -0.2) is 45.2 Å². The van der Waals surface area contributed by atoms with Crippen molar-refractivity contribution in [2.75, 3.05) is 13.7 Å². The second kappa shape index (κ2) is 7.58. The molecule has 0 spiro atoms. The van der Waals surface area contributed by atoms with Crippen molar-refractivity contribution in [2.24, 2.45) is 7.05 Å². The van der Waals surface area contributed by atoms with Gasteiger partial charge in [0.1, 0.15) is 5.01 Å². The molecule has 7 nitrogen and oxygen atoms in total. The highest BCUT2D eigenvalue weighted by Crippen LogP contribution is 2.23. The number of carbonyl (C=O) groups excluding carboxylic acids is 2. The molecule has 0 saturated carbocycles. The van der Waals surface area contributed by atoms with Crippen molar-refractivity contribution < 1.29 is 14.3 Å². The van der Waals surface area contributed by atoms with Gasteiger partial charge >= 0.3 is 5.97 Å². The summed E-state index contributed by atoms with van der Waals surface area (Å²) in [7, 11) is 3.49. The zero-order valence-electron chi connectivity index (χ0n) is 13.7. The van der Waals surface area contributed by atoms with Crippen molar-refractivity contribution in [3.05, 3.63) is 45.9 Å². The van der Waals surface area contributed by atoms with E-state index in [1.807, 2.05) is 30.8 Å². The summed E-state index contributed by atoms with van der Waals surface area (Å²) in [5.41, 5.74) is 1.02. The summed E-state index contributed by atoms with van der Waals surface area (Å²) in [6.45, 7) is 0.191. The molecule has 0 aromatic carbocycles. The molecular weight excluding hydrogens is 360 g/mol. The molecule has 0 aliphatic rings. The van der Waals surface area contributed by atoms with E-state index in [1.54, 1.807) is 34.6 Å². The van der Waals surface area contributed by atoms with Gasteiger partial charge in [-0.15, -0.1) is 22.7 Å². The Labute approximate surface area is 152 Å². The Morgan fingerprint density at radius 3 is 2.88 bits per heavy atom. The number of ether oxygens (including phenoxy) is 1. The van der Waals surface area contributed by atoms with Gasteiger partial charge in [0.05, 0.1) is 12.7 Å². The first-order valence-electron chi connectivity index (χ1n) is 7.41. The van der Waals surface area contributed by atoms with Gasteiger partial charge in [0.25, 0.3) is 5.91 Å². The van der Waals surface area contributed by atoms with E-state index in [9.17, 15) is 9.59 Å². The number of rotatable bonds is 6. The third-order valence-corrected chi connectivity index (χ3v) is 5.14. The number of nitrogens with zero attached hydrogens (tertiary/aromatic N) is 4. The van der Waals surface area contributed by atoms with Crippen LogP contribution in [0.2, 0.25) is 0 Å². The van der Waals surface area contributed by atoms with Crippen molar-refractivity contribution in [3.8, 4) is 10.6 Å². The Morgan fingerprint density at radius 2 is 2.20 bits per heavy atom. The van der Waals surface area contributed by atoms with E-state index in [4.69, 9.17) is 4.74 Å². The molecule has 3 heterocycles. The van der Waals surface area contributed by atoms with Gasteiger partial charge in [-0.2, -0.15) is 5.10 Å². The maximum Gasteiger partial charge on any atom is 0.358 e. The van der Waals surface area contributed by atoms with Crippen molar-refractivity contribution in [3.63, 3.8) is 0 Å². The SMILES string of the molecule is CN(Cc1cccs1)C(=O)COC(=O)c1csc(-c2cnn(C)c2)n1. The molecular formula is C16H16N4O3S2. The van der Waals surface area contributed by atoms with Gasteiger partial charge in [-0.25, -0.2) is 9.78 Å². The van der Waals surface area contributed by atoms with Crippen LogP contribution in [0.1, 0.15) is 15.4 Å². The van der Waals surface area contributed by atoms with Gasteiger partial charge in [-0.05, 0) is 11.4 Å². The average Bonchev–Trinajstić information content (AvgIpc) is 3.33. The molecule has 0 bridgehead atoms. The Kier molecular flexibility index (Phi) is 5.25. The second-order valence-corrected chi connectivity index (χ2v) is 7.24. The van der Waals surface area contributed by atoms with Crippen molar-refractivity contribution in [1.82, 2.24) is 19.7 Å². The van der Waals surface area contributed by atoms with Crippen LogP contribution in [0.25, 0.3) is 10.6 Å². The number of thiophene rings is 1. The topological polar surface area (TPSA) is 77.3 Å². The van der Waals surface area contributed by atoms with E-state index in [1.165, 1.54) is 16.2 Å². The van der Waals surface area contributed by atoms with Crippen molar-refractivity contribution >= 4 is 34.6 Å². The summed E-state index contributed by atoms with van der Waals surface area (Å²) in [5.74, 6) is -0.867. The predicted molar refractivity (Wildman–Crippen MR) is 95.4 cm³/mol. The fourth-order valence-corrected chi connectivity index (χ4v) is 3.59. The van der Waals surface area contributed by atoms with Crippen LogP contribution < -0.4 is 0 Å². The van der Waals surface area contributed by atoms with E-state index in [-0.39, 0.29) is 18.2 Å². The zero-order chi connectivity index (χ0) is 17.8. The summed E-state index contributed by atoms with van der Waals surface area (Å²) < 4.78 is 6.74. The third-order valence-electron chi connectivity index (χ3n) is 3.39. The van der Waals surface area contributed by atoms with Gasteiger partial charge in [0.15, 0.2) is 12.3 Å². The number of carbonyl (C=O) groups is 2. The summed E-state index contributed by atoms with van der Waals surface area (Å²) in [6.07, 6.45) is 3.49. The van der Waals surface area contributed by atoms with Crippen LogP contribution in [0.4, 0.5) is 0 Å². The Hall–Kier alpha value is -2.52. The molecule has 1 amide bonds. The first kappa shape index (κ1) is 17.3. The summed E-state index contributed by atoms with van der Waals surface area (Å²) in [6, 6.07) is 3.89. The highest BCUT2D eigenvalue weighted by atomic mass is 32.1. The minimum atomic E-state index is -0.607. The lowest BCUT2D eigenvalue weighted by atomic mass is 10.4. The Morgan fingerprint density at radius 1 is 1.36 bits per heavy atom. The van der Waals surface area contributed by atoms with E-state index >= 15 is 0 Å². The first-order chi connectivity index (χ1) is 12.0. The Balaban J connectivity index is 1.54. The molecule has 25 heavy (non-hydrogen) atoms. The van der Waals surface area contributed by atoms with Gasteiger partial charge in [-0.1, -0.05) is 6.07 Å². The van der Waals surface area contributed by atoms with Crippen LogP contribution in [0.5, 0.6) is 0 Å². The Bertz CT molecular complexity index is 870. The normalized spacial score (nSPS) is 10.6. The lowest BCUT2D eigenvalue weighted by molar-refractivity contribution is -0.133. The maximum absolute atomic E-state index is 12.1. The first-order valence-corrected chi connectivity index (χ1v) is 9.17. The largest absolute Gasteiger partial charge is 0.451 e. The molecule has 0 unspecified atom stereocenters. The molecule has 0 aliphatic carbocycles. The van der Waals surface area contributed by atoms with Crippen LogP contribution in [0.3, 0.4) is 0 Å². The zero-order valence-corrected chi connectivity index (χ0v) is 15.3. The summed E-state index contributed by atoms with van der Waals surface area (Å²) in [4.78, 5) is 31.0. The lowest BCUT2D eigenvalue weighted by Crippen LogP contribution is -2.30. The van der Waals surface area contributed by atoms with Crippen molar-refractivity contribution in [1.29, 1.82) is 0 Å². The molecule has 0 saturated heterocycles. The number of hydrogen-bond acceptors (Lipinski definition) is 7. The number of aromatic nitrogens is 3. The molecule has 9 heteroatoms. The van der Waals surface area contributed by atoms with E-state index < -0.39 is 5.97 Å². The van der Waals surface area contributed by atoms with E-state index in [0.29, 0.717) is 11.6 Å². The van der Waals surface area contributed by atoms with Crippen LogP contribution in [-0.2, 0) is 23.1 Å². The fourth-order valence-electron chi connectivity index (χ4n) is 2.07. The van der Waals surface area contributed by atoms with Gasteiger partial charge in [0, 0.05) is 36.1 Å². The quantitative estimate of drug-likeness (QED) is 0.618. The highest BCUT2D eigenvalue weighted by molar-refractivity contribution is 7.13. The van der Waals surface area contributed by atoms with Crippen molar-refractivity contribution in [2.45, 2.75) is 6.54 Å². The molecule has 0 fully saturated rings. The summed E-state index contributed by atoms with van der Waals surface area (Å²) >= 11 is 2.90. The smallest absolute Gasteiger partial charge is 0.358 e. The van der Waals surface area contributed by atoms with Gasteiger partial charge in [-0.3, -0.25) is 9.48 Å². The van der Waals surface area contributed by atoms with E-state index in [0.717, 1.165) is 10.4 Å². The highest BCUT2D eigenvalue weighted by Gasteiger charge is 2.17. The maximum atomic E-state index is 12.1. The molecule has 130 valence electrons. The van der Waals surface area contributed by atoms with Crippen LogP contribution >= 0.6 is 22.7 Å².